The third kappa shape index (κ3) is 3.99. The molecule has 0 heterocycles. The molecule has 0 N–H and O–H groups in total. The van der Waals surface area contributed by atoms with Crippen molar-refractivity contribution < 1.29 is 4.79 Å². The van der Waals surface area contributed by atoms with Gasteiger partial charge in [0, 0.05) is 37.6 Å². The molecule has 0 saturated carbocycles. The molecule has 0 aliphatic carbocycles. The Bertz CT molecular complexity index is 405. The smallest absolute Gasteiger partial charge is 0.263 e. The van der Waals surface area contributed by atoms with Crippen LogP contribution in [0.2, 0.25) is 0 Å². The number of benzene rings is 1. The molecule has 0 aliphatic heterocycles. The normalized spacial score (nSPS) is 9.94. The van der Waals surface area contributed by atoms with Crippen molar-refractivity contribution >= 4 is 34.4 Å². The van der Waals surface area contributed by atoms with E-state index in [9.17, 15) is 4.79 Å². The molecule has 0 spiro atoms. The largest absolute Gasteiger partial charge is 0.357 e. The molecule has 1 amide bonds. The van der Waals surface area contributed by atoms with Gasteiger partial charge in [0.05, 0.1) is 0 Å². The van der Waals surface area contributed by atoms with Gasteiger partial charge in [-0.1, -0.05) is 30.4 Å². The topological polar surface area (TPSA) is 23.6 Å². The Balaban J connectivity index is 2.63. The van der Waals surface area contributed by atoms with Crippen LogP contribution >= 0.6 is 24.2 Å². The second-order valence-electron chi connectivity index (χ2n) is 3.70. The Morgan fingerprint density at radius 2 is 1.78 bits per heavy atom. The van der Waals surface area contributed by atoms with Crippen LogP contribution in [0.3, 0.4) is 0 Å². The Hall–Kier alpha value is -1.07. The lowest BCUT2D eigenvalue weighted by molar-refractivity contribution is 0.0893. The highest BCUT2D eigenvalue weighted by molar-refractivity contribution is 8.21. The van der Waals surface area contributed by atoms with Crippen LogP contribution in [0.4, 0.5) is 0 Å². The van der Waals surface area contributed by atoms with Gasteiger partial charge in [-0.05, 0) is 26.0 Å². The predicted octanol–water partition coefficient (Wildman–Crippen LogP) is 3.03. The lowest BCUT2D eigenvalue weighted by Gasteiger charge is -2.24. The molecule has 3 nitrogen and oxygen atoms in total. The maximum atomic E-state index is 12.1. The minimum absolute atomic E-state index is 0.0323. The van der Waals surface area contributed by atoms with Gasteiger partial charge in [-0.25, -0.2) is 0 Å². The van der Waals surface area contributed by atoms with Gasteiger partial charge >= 0.3 is 0 Å². The first kappa shape index (κ1) is 15.0. The Morgan fingerprint density at radius 3 is 2.28 bits per heavy atom. The van der Waals surface area contributed by atoms with Crippen molar-refractivity contribution in [3.8, 4) is 0 Å². The van der Waals surface area contributed by atoms with E-state index in [2.05, 4.69) is 18.7 Å². The quantitative estimate of drug-likeness (QED) is 0.628. The first-order chi connectivity index (χ1) is 8.60. The van der Waals surface area contributed by atoms with Crippen LogP contribution in [0.1, 0.15) is 24.2 Å². The molecule has 18 heavy (non-hydrogen) atoms. The van der Waals surface area contributed by atoms with Gasteiger partial charge in [0.15, 0.2) is 4.32 Å². The average molecular weight is 282 g/mol. The van der Waals surface area contributed by atoms with E-state index >= 15 is 0 Å². The summed E-state index contributed by atoms with van der Waals surface area (Å²) in [4.78, 5) is 14.2. The summed E-state index contributed by atoms with van der Waals surface area (Å²) in [5, 5.41) is 0. The van der Waals surface area contributed by atoms with Gasteiger partial charge in [0.2, 0.25) is 0 Å². The van der Waals surface area contributed by atoms with Crippen molar-refractivity contribution in [1.29, 1.82) is 0 Å². The summed E-state index contributed by atoms with van der Waals surface area (Å²) in [7, 11) is 1.75. The van der Waals surface area contributed by atoms with Gasteiger partial charge in [-0.2, -0.15) is 0 Å². The average Bonchev–Trinajstić information content (AvgIpc) is 2.40. The monoisotopic (exact) mass is 282 g/mol. The van der Waals surface area contributed by atoms with Crippen molar-refractivity contribution in [3.05, 3.63) is 35.9 Å². The molecule has 0 unspecified atom stereocenters. The van der Waals surface area contributed by atoms with Gasteiger partial charge in [0.25, 0.3) is 5.91 Å². The maximum absolute atomic E-state index is 12.1. The van der Waals surface area contributed by atoms with Gasteiger partial charge in [-0.15, -0.1) is 0 Å². The summed E-state index contributed by atoms with van der Waals surface area (Å²) in [6.45, 7) is 5.82. The van der Waals surface area contributed by atoms with Crippen LogP contribution in [0, 0.1) is 0 Å². The van der Waals surface area contributed by atoms with Crippen molar-refractivity contribution in [1.82, 2.24) is 9.21 Å². The molecule has 1 aromatic rings. The SMILES string of the molecule is CCN(CC)C(=S)SN(C)C(=O)c1ccccc1. The third-order valence-corrected chi connectivity index (χ3v) is 3.88. The van der Waals surface area contributed by atoms with Crippen LogP contribution in [-0.4, -0.2) is 39.6 Å². The van der Waals surface area contributed by atoms with E-state index in [1.54, 1.807) is 23.5 Å². The Labute approximate surface area is 118 Å². The van der Waals surface area contributed by atoms with Gasteiger partial charge in [0.1, 0.15) is 0 Å². The van der Waals surface area contributed by atoms with E-state index in [4.69, 9.17) is 12.2 Å². The minimum Gasteiger partial charge on any atom is -0.357 e. The second kappa shape index (κ2) is 7.38. The first-order valence-electron chi connectivity index (χ1n) is 5.90. The number of carbonyl (C=O) groups excluding carboxylic acids is 1. The molecule has 0 saturated heterocycles. The van der Waals surface area contributed by atoms with Crippen molar-refractivity contribution in [3.63, 3.8) is 0 Å². The number of hydrogen-bond donors (Lipinski definition) is 0. The number of carbonyl (C=O) groups is 1. The zero-order chi connectivity index (χ0) is 13.5. The first-order valence-corrected chi connectivity index (χ1v) is 7.08. The Morgan fingerprint density at radius 1 is 1.22 bits per heavy atom. The molecule has 1 rings (SSSR count). The zero-order valence-corrected chi connectivity index (χ0v) is 12.6. The van der Waals surface area contributed by atoms with Gasteiger partial charge in [-0.3, -0.25) is 9.10 Å². The molecular formula is C13H18N2OS2. The summed E-state index contributed by atoms with van der Waals surface area (Å²) in [5.41, 5.74) is 0.676. The molecule has 0 bridgehead atoms. The fraction of sp³-hybridized carbons (Fsp3) is 0.385. The number of thiocarbonyl (C=S) groups is 1. The molecule has 1 aromatic carbocycles. The summed E-state index contributed by atoms with van der Waals surface area (Å²) in [6, 6.07) is 9.22. The van der Waals surface area contributed by atoms with E-state index in [0.29, 0.717) is 5.56 Å². The Kier molecular flexibility index (Phi) is 6.15. The fourth-order valence-corrected chi connectivity index (χ4v) is 2.85. The molecule has 98 valence electrons. The van der Waals surface area contributed by atoms with Crippen molar-refractivity contribution in [2.75, 3.05) is 20.1 Å². The third-order valence-electron chi connectivity index (χ3n) is 2.54. The van der Waals surface area contributed by atoms with E-state index in [0.717, 1.165) is 17.4 Å². The fourth-order valence-electron chi connectivity index (χ4n) is 1.46. The van der Waals surface area contributed by atoms with Crippen LogP contribution < -0.4 is 0 Å². The highest BCUT2D eigenvalue weighted by atomic mass is 32.2. The molecule has 0 aliphatic rings. The van der Waals surface area contributed by atoms with Gasteiger partial charge < -0.3 is 4.90 Å². The number of rotatable bonds is 3. The molecule has 0 aromatic heterocycles. The summed E-state index contributed by atoms with van der Waals surface area (Å²) < 4.78 is 2.31. The maximum Gasteiger partial charge on any atom is 0.263 e. The minimum atomic E-state index is -0.0323. The number of hydrogen-bond acceptors (Lipinski definition) is 3. The van der Waals surface area contributed by atoms with Crippen LogP contribution in [0.5, 0.6) is 0 Å². The summed E-state index contributed by atoms with van der Waals surface area (Å²) in [6.07, 6.45) is 0. The number of nitrogens with zero attached hydrogens (tertiary/aromatic N) is 2. The lowest BCUT2D eigenvalue weighted by atomic mass is 10.2. The molecule has 0 radical (unpaired) electrons. The highest BCUT2D eigenvalue weighted by Crippen LogP contribution is 2.16. The van der Waals surface area contributed by atoms with E-state index < -0.39 is 0 Å². The van der Waals surface area contributed by atoms with Crippen LogP contribution in [-0.2, 0) is 0 Å². The van der Waals surface area contributed by atoms with Crippen LogP contribution in [0.25, 0.3) is 0 Å². The van der Waals surface area contributed by atoms with Crippen molar-refractivity contribution in [2.45, 2.75) is 13.8 Å². The molecule has 5 heteroatoms. The second-order valence-corrected chi connectivity index (χ2v) is 5.46. The summed E-state index contributed by atoms with van der Waals surface area (Å²) >= 11 is 6.62. The van der Waals surface area contributed by atoms with Crippen molar-refractivity contribution in [2.24, 2.45) is 0 Å². The summed E-state index contributed by atoms with van der Waals surface area (Å²) in [5.74, 6) is -0.0323. The predicted molar refractivity (Wildman–Crippen MR) is 81.6 cm³/mol. The molecule has 0 fully saturated rings. The van der Waals surface area contributed by atoms with E-state index in [1.807, 2.05) is 18.2 Å². The molecule has 0 atom stereocenters. The van der Waals surface area contributed by atoms with E-state index in [1.165, 1.54) is 11.9 Å². The highest BCUT2D eigenvalue weighted by Gasteiger charge is 2.16. The van der Waals surface area contributed by atoms with E-state index in [-0.39, 0.29) is 5.91 Å². The van der Waals surface area contributed by atoms with Crippen LogP contribution in [0.15, 0.2) is 30.3 Å². The zero-order valence-electron chi connectivity index (χ0n) is 10.9. The lowest BCUT2D eigenvalue weighted by Crippen LogP contribution is -2.31. The molecular weight excluding hydrogens is 264 g/mol. The standard InChI is InChI=1S/C13H18N2OS2/c1-4-15(5-2)13(17)18-14(3)12(16)11-9-7-6-8-10-11/h6-10H,4-5H2,1-3H3. The number of amides is 1.